The van der Waals surface area contributed by atoms with E-state index in [1.165, 1.54) is 7.11 Å². The summed E-state index contributed by atoms with van der Waals surface area (Å²) in [5, 5.41) is 9.98. The fraction of sp³-hybridized carbons (Fsp3) is 0.235. The van der Waals surface area contributed by atoms with Gasteiger partial charge in [0.1, 0.15) is 0 Å². The second kappa shape index (κ2) is 7.36. The molecule has 0 amide bonds. The molecule has 2 aromatic carbocycles. The molecule has 0 radical (unpaired) electrons. The summed E-state index contributed by atoms with van der Waals surface area (Å²) in [7, 11) is 4.71. The van der Waals surface area contributed by atoms with E-state index in [0.29, 0.717) is 29.4 Å². The van der Waals surface area contributed by atoms with Gasteiger partial charge in [-0.25, -0.2) is 0 Å². The standard InChI is InChI=1S/C17H19NO4/c1-20-14-8-7-12(9-16(14)22-3)10-18-11-13-5-4-6-15(21-2)17(13)19/h4-9,11,19H,10H2,1-3H3. The minimum Gasteiger partial charge on any atom is -0.504 e. The molecule has 0 heterocycles. The molecule has 0 aliphatic heterocycles. The lowest BCUT2D eigenvalue weighted by atomic mass is 10.2. The molecule has 0 atom stereocenters. The molecule has 0 saturated carbocycles. The van der Waals surface area contributed by atoms with Crippen molar-refractivity contribution in [1.82, 2.24) is 0 Å². The highest BCUT2D eigenvalue weighted by Crippen LogP contribution is 2.29. The largest absolute Gasteiger partial charge is 0.504 e. The Hall–Kier alpha value is -2.69. The second-order valence-corrected chi connectivity index (χ2v) is 4.56. The van der Waals surface area contributed by atoms with Crippen LogP contribution in [0.1, 0.15) is 11.1 Å². The maximum Gasteiger partial charge on any atom is 0.166 e. The molecule has 5 heteroatoms. The maximum atomic E-state index is 9.98. The van der Waals surface area contributed by atoms with Gasteiger partial charge < -0.3 is 19.3 Å². The van der Waals surface area contributed by atoms with Crippen molar-refractivity contribution < 1.29 is 19.3 Å². The first-order valence-electron chi connectivity index (χ1n) is 6.76. The number of aliphatic imine (C=N–C) groups is 1. The van der Waals surface area contributed by atoms with Gasteiger partial charge in [0.2, 0.25) is 0 Å². The SMILES string of the molecule is COc1ccc(CN=Cc2cccc(OC)c2O)cc1OC. The molecule has 22 heavy (non-hydrogen) atoms. The first kappa shape index (κ1) is 15.7. The molecule has 2 aromatic rings. The lowest BCUT2D eigenvalue weighted by Crippen LogP contribution is -1.93. The van der Waals surface area contributed by atoms with Crippen LogP contribution in [0.5, 0.6) is 23.0 Å². The molecule has 0 aliphatic rings. The highest BCUT2D eigenvalue weighted by atomic mass is 16.5. The number of phenols is 1. The molecule has 0 spiro atoms. The summed E-state index contributed by atoms with van der Waals surface area (Å²) in [6.45, 7) is 0.469. The number of benzene rings is 2. The molecule has 1 N–H and O–H groups in total. The van der Waals surface area contributed by atoms with Gasteiger partial charge in [-0.1, -0.05) is 12.1 Å². The van der Waals surface area contributed by atoms with Crippen LogP contribution in [0.15, 0.2) is 41.4 Å². The zero-order valence-corrected chi connectivity index (χ0v) is 12.9. The average molecular weight is 301 g/mol. The van der Waals surface area contributed by atoms with Crippen LogP contribution >= 0.6 is 0 Å². The molecular weight excluding hydrogens is 282 g/mol. The van der Waals surface area contributed by atoms with Crippen LogP contribution in [0, 0.1) is 0 Å². The number of rotatable bonds is 6. The number of ether oxygens (including phenoxy) is 3. The summed E-state index contributed by atoms with van der Waals surface area (Å²) in [6.07, 6.45) is 1.62. The third-order valence-electron chi connectivity index (χ3n) is 3.20. The molecule has 2 rings (SSSR count). The fourth-order valence-corrected chi connectivity index (χ4v) is 2.04. The van der Waals surface area contributed by atoms with Gasteiger partial charge in [0, 0.05) is 11.8 Å². The van der Waals surface area contributed by atoms with Crippen molar-refractivity contribution in [3.63, 3.8) is 0 Å². The van der Waals surface area contributed by atoms with Crippen LogP contribution in [0.2, 0.25) is 0 Å². The van der Waals surface area contributed by atoms with Crippen molar-refractivity contribution in [1.29, 1.82) is 0 Å². The zero-order chi connectivity index (χ0) is 15.9. The van der Waals surface area contributed by atoms with Gasteiger partial charge >= 0.3 is 0 Å². The number of hydrogen-bond donors (Lipinski definition) is 1. The fourth-order valence-electron chi connectivity index (χ4n) is 2.04. The van der Waals surface area contributed by atoms with Gasteiger partial charge in [0.05, 0.1) is 27.9 Å². The lowest BCUT2D eigenvalue weighted by Gasteiger charge is -2.08. The van der Waals surface area contributed by atoms with Gasteiger partial charge in [-0.15, -0.1) is 0 Å². The number of methoxy groups -OCH3 is 3. The Morgan fingerprint density at radius 2 is 1.68 bits per heavy atom. The summed E-state index contributed by atoms with van der Waals surface area (Å²) < 4.78 is 15.5. The van der Waals surface area contributed by atoms with Gasteiger partial charge in [-0.3, -0.25) is 4.99 Å². The van der Waals surface area contributed by atoms with Crippen molar-refractivity contribution in [3.05, 3.63) is 47.5 Å². The Labute approximate surface area is 129 Å². The molecular formula is C17H19NO4. The average Bonchev–Trinajstić information content (AvgIpc) is 2.56. The normalized spacial score (nSPS) is 10.7. The zero-order valence-electron chi connectivity index (χ0n) is 12.9. The van der Waals surface area contributed by atoms with Gasteiger partial charge in [0.15, 0.2) is 23.0 Å². The highest BCUT2D eigenvalue weighted by Gasteiger charge is 2.06. The monoisotopic (exact) mass is 301 g/mol. The Morgan fingerprint density at radius 3 is 2.36 bits per heavy atom. The van der Waals surface area contributed by atoms with E-state index in [1.807, 2.05) is 18.2 Å². The van der Waals surface area contributed by atoms with Crippen LogP contribution in [0.3, 0.4) is 0 Å². The van der Waals surface area contributed by atoms with Crippen LogP contribution in [0.25, 0.3) is 0 Å². The summed E-state index contributed by atoms with van der Waals surface area (Å²) in [4.78, 5) is 4.34. The quantitative estimate of drug-likeness (QED) is 0.833. The lowest BCUT2D eigenvalue weighted by molar-refractivity contribution is 0.354. The molecule has 0 fully saturated rings. The minimum absolute atomic E-state index is 0.0843. The van der Waals surface area contributed by atoms with E-state index in [1.54, 1.807) is 38.6 Å². The molecule has 5 nitrogen and oxygen atoms in total. The van der Waals surface area contributed by atoms with E-state index < -0.39 is 0 Å². The van der Waals surface area contributed by atoms with Crippen molar-refractivity contribution in [2.24, 2.45) is 4.99 Å². The van der Waals surface area contributed by atoms with Gasteiger partial charge in [-0.2, -0.15) is 0 Å². The maximum absolute atomic E-state index is 9.98. The van der Waals surface area contributed by atoms with E-state index in [4.69, 9.17) is 14.2 Å². The van der Waals surface area contributed by atoms with Crippen molar-refractivity contribution >= 4 is 6.21 Å². The number of para-hydroxylation sites is 1. The Balaban J connectivity index is 2.13. The number of aromatic hydroxyl groups is 1. The van der Waals surface area contributed by atoms with Crippen molar-refractivity contribution in [3.8, 4) is 23.0 Å². The first-order chi connectivity index (χ1) is 10.7. The van der Waals surface area contributed by atoms with Gasteiger partial charge in [-0.05, 0) is 29.8 Å². The molecule has 0 aromatic heterocycles. The van der Waals surface area contributed by atoms with Crippen molar-refractivity contribution in [2.75, 3.05) is 21.3 Å². The van der Waals surface area contributed by atoms with E-state index in [-0.39, 0.29) is 5.75 Å². The van der Waals surface area contributed by atoms with E-state index in [2.05, 4.69) is 4.99 Å². The van der Waals surface area contributed by atoms with E-state index in [9.17, 15) is 5.11 Å². The molecule has 0 bridgehead atoms. The molecule has 0 unspecified atom stereocenters. The minimum atomic E-state index is 0.0843. The smallest absolute Gasteiger partial charge is 0.166 e. The number of hydrogen-bond acceptors (Lipinski definition) is 5. The Kier molecular flexibility index (Phi) is 5.25. The number of phenolic OH excluding ortho intramolecular Hbond substituents is 1. The van der Waals surface area contributed by atoms with Crippen LogP contribution < -0.4 is 14.2 Å². The summed E-state index contributed by atoms with van der Waals surface area (Å²) >= 11 is 0. The Morgan fingerprint density at radius 1 is 0.955 bits per heavy atom. The molecule has 116 valence electrons. The predicted octanol–water partition coefficient (Wildman–Crippen LogP) is 3.04. The van der Waals surface area contributed by atoms with Crippen LogP contribution in [-0.2, 0) is 6.54 Å². The third kappa shape index (κ3) is 3.49. The second-order valence-electron chi connectivity index (χ2n) is 4.56. The van der Waals surface area contributed by atoms with Gasteiger partial charge in [0.25, 0.3) is 0 Å². The molecule has 0 aliphatic carbocycles. The molecule has 0 saturated heterocycles. The van der Waals surface area contributed by atoms with E-state index in [0.717, 1.165) is 5.56 Å². The highest BCUT2D eigenvalue weighted by molar-refractivity contribution is 5.84. The topological polar surface area (TPSA) is 60.3 Å². The predicted molar refractivity (Wildman–Crippen MR) is 85.5 cm³/mol. The summed E-state index contributed by atoms with van der Waals surface area (Å²) in [5.41, 5.74) is 1.59. The number of nitrogens with zero attached hydrogens (tertiary/aromatic N) is 1. The Bertz CT molecular complexity index is 668. The van der Waals surface area contributed by atoms with Crippen LogP contribution in [0.4, 0.5) is 0 Å². The van der Waals surface area contributed by atoms with Crippen molar-refractivity contribution in [2.45, 2.75) is 6.54 Å². The third-order valence-corrected chi connectivity index (χ3v) is 3.20. The van der Waals surface area contributed by atoms with E-state index >= 15 is 0 Å². The summed E-state index contributed by atoms with van der Waals surface area (Å²) in [6, 6.07) is 10.9. The summed E-state index contributed by atoms with van der Waals surface area (Å²) in [5.74, 6) is 1.86. The first-order valence-corrected chi connectivity index (χ1v) is 6.76. The van der Waals surface area contributed by atoms with Crippen LogP contribution in [-0.4, -0.2) is 32.7 Å².